The van der Waals surface area contributed by atoms with Gasteiger partial charge >= 0.3 is 5.97 Å². The summed E-state index contributed by atoms with van der Waals surface area (Å²) in [5.74, 6) is -0.282. The fraction of sp³-hybridized carbons (Fsp3) is 0.500. The zero-order chi connectivity index (χ0) is 11.5. The van der Waals surface area contributed by atoms with E-state index in [2.05, 4.69) is 9.97 Å². The molecule has 0 bridgehead atoms. The fourth-order valence-corrected chi connectivity index (χ4v) is 1.89. The molecule has 1 N–H and O–H groups in total. The highest BCUT2D eigenvalue weighted by molar-refractivity contribution is 6.32. The largest absolute Gasteiger partial charge is 0.478 e. The van der Waals surface area contributed by atoms with E-state index in [0.29, 0.717) is 19.0 Å². The zero-order valence-corrected chi connectivity index (χ0v) is 9.28. The number of halogens is 1. The Balaban J connectivity index is 2.23. The first-order valence-electron chi connectivity index (χ1n) is 5.02. The third kappa shape index (κ3) is 2.31. The van der Waals surface area contributed by atoms with Crippen molar-refractivity contribution in [3.05, 3.63) is 22.7 Å². The Bertz CT molecular complexity index is 405. The lowest BCUT2D eigenvalue weighted by molar-refractivity contribution is 0.0695. The lowest BCUT2D eigenvalue weighted by Crippen LogP contribution is -2.17. The fourth-order valence-electron chi connectivity index (χ4n) is 1.67. The Hall–Kier alpha value is -1.20. The number of carboxylic acids is 1. The highest BCUT2D eigenvalue weighted by atomic mass is 35.5. The maximum Gasteiger partial charge on any atom is 0.340 e. The first-order chi connectivity index (χ1) is 7.68. The minimum absolute atomic E-state index is 0.00370. The third-order valence-electron chi connectivity index (χ3n) is 2.58. The molecule has 86 valence electrons. The zero-order valence-electron chi connectivity index (χ0n) is 8.52. The van der Waals surface area contributed by atoms with Crippen LogP contribution in [0.4, 0.5) is 0 Å². The number of hydrogen-bond acceptors (Lipinski definition) is 4. The van der Waals surface area contributed by atoms with Crippen molar-refractivity contribution in [2.75, 3.05) is 13.2 Å². The molecule has 0 unspecified atom stereocenters. The first kappa shape index (κ1) is 11.3. The molecule has 1 saturated heterocycles. The van der Waals surface area contributed by atoms with Crippen LogP contribution in [0.2, 0.25) is 5.15 Å². The molecule has 1 fully saturated rings. The summed E-state index contributed by atoms with van der Waals surface area (Å²) in [6, 6.07) is 0. The normalized spacial score (nSPS) is 17.3. The molecule has 0 aromatic carbocycles. The predicted molar refractivity (Wildman–Crippen MR) is 56.8 cm³/mol. The summed E-state index contributed by atoms with van der Waals surface area (Å²) in [5.41, 5.74) is -0.0579. The molecule has 0 saturated carbocycles. The standard InChI is InChI=1S/C10H11ClN2O3/c11-8-7(10(14)15)5-12-9(13-8)6-1-3-16-4-2-6/h5-6H,1-4H2,(H,14,15). The summed E-state index contributed by atoms with van der Waals surface area (Å²) in [6.07, 6.45) is 2.97. The Morgan fingerprint density at radius 1 is 1.50 bits per heavy atom. The summed E-state index contributed by atoms with van der Waals surface area (Å²) < 4.78 is 5.23. The number of carboxylic acid groups (broad SMARTS) is 1. The summed E-state index contributed by atoms with van der Waals surface area (Å²) in [6.45, 7) is 1.37. The van der Waals surface area contributed by atoms with Crippen molar-refractivity contribution in [2.24, 2.45) is 0 Å². The van der Waals surface area contributed by atoms with E-state index in [9.17, 15) is 4.79 Å². The molecule has 0 amide bonds. The molecule has 2 rings (SSSR count). The van der Waals surface area contributed by atoms with E-state index >= 15 is 0 Å². The minimum Gasteiger partial charge on any atom is -0.478 e. The molecule has 0 aliphatic carbocycles. The Morgan fingerprint density at radius 3 is 2.75 bits per heavy atom. The molecule has 0 atom stereocenters. The van der Waals surface area contributed by atoms with Crippen molar-refractivity contribution in [2.45, 2.75) is 18.8 Å². The van der Waals surface area contributed by atoms with Crippen molar-refractivity contribution < 1.29 is 14.6 Å². The first-order valence-corrected chi connectivity index (χ1v) is 5.39. The highest BCUT2D eigenvalue weighted by Gasteiger charge is 2.20. The molecular weight excluding hydrogens is 232 g/mol. The number of nitrogens with zero attached hydrogens (tertiary/aromatic N) is 2. The van der Waals surface area contributed by atoms with Gasteiger partial charge in [-0.1, -0.05) is 11.6 Å². The van der Waals surface area contributed by atoms with Crippen molar-refractivity contribution in [3.8, 4) is 0 Å². The van der Waals surface area contributed by atoms with Gasteiger partial charge in [0, 0.05) is 25.3 Å². The molecule has 1 aliphatic rings. The van der Waals surface area contributed by atoms with E-state index in [-0.39, 0.29) is 16.6 Å². The van der Waals surface area contributed by atoms with E-state index in [1.165, 1.54) is 6.20 Å². The van der Waals surface area contributed by atoms with Crippen molar-refractivity contribution in [1.82, 2.24) is 9.97 Å². The van der Waals surface area contributed by atoms with Gasteiger partial charge in [-0.3, -0.25) is 0 Å². The van der Waals surface area contributed by atoms with E-state index in [0.717, 1.165) is 12.8 Å². The van der Waals surface area contributed by atoms with Gasteiger partial charge in [0.05, 0.1) is 0 Å². The molecule has 6 heteroatoms. The summed E-state index contributed by atoms with van der Waals surface area (Å²) in [4.78, 5) is 18.8. The number of ether oxygens (including phenoxy) is 1. The maximum absolute atomic E-state index is 10.7. The van der Waals surface area contributed by atoms with Gasteiger partial charge in [-0.05, 0) is 12.8 Å². The molecule has 0 spiro atoms. The summed E-state index contributed by atoms with van der Waals surface area (Å²) >= 11 is 5.78. The van der Waals surface area contributed by atoms with Gasteiger partial charge in [-0.15, -0.1) is 0 Å². The summed E-state index contributed by atoms with van der Waals surface area (Å²) in [7, 11) is 0. The Kier molecular flexibility index (Phi) is 3.36. The van der Waals surface area contributed by atoms with Crippen LogP contribution in [0.1, 0.15) is 34.9 Å². The van der Waals surface area contributed by atoms with Gasteiger partial charge in [-0.2, -0.15) is 0 Å². The van der Waals surface area contributed by atoms with Gasteiger partial charge in [0.15, 0.2) is 0 Å². The maximum atomic E-state index is 10.7. The lowest BCUT2D eigenvalue weighted by atomic mass is 9.99. The van der Waals surface area contributed by atoms with Crippen LogP contribution in [-0.4, -0.2) is 34.3 Å². The lowest BCUT2D eigenvalue weighted by Gasteiger charge is -2.20. The number of aromatic carboxylic acids is 1. The van der Waals surface area contributed by atoms with Crippen LogP contribution in [0.5, 0.6) is 0 Å². The van der Waals surface area contributed by atoms with Crippen LogP contribution in [0.25, 0.3) is 0 Å². The number of aromatic nitrogens is 2. The predicted octanol–water partition coefficient (Wildman–Crippen LogP) is 1.72. The molecule has 1 aromatic rings. The second-order valence-corrected chi connectivity index (χ2v) is 3.98. The van der Waals surface area contributed by atoms with Crippen LogP contribution in [0.15, 0.2) is 6.20 Å². The quantitative estimate of drug-likeness (QED) is 0.800. The SMILES string of the molecule is O=C(O)c1cnc(C2CCOCC2)nc1Cl. The van der Waals surface area contributed by atoms with Gasteiger partial charge < -0.3 is 9.84 Å². The molecule has 5 nitrogen and oxygen atoms in total. The van der Waals surface area contributed by atoms with Crippen LogP contribution < -0.4 is 0 Å². The average molecular weight is 243 g/mol. The molecule has 0 radical (unpaired) electrons. The molecular formula is C10H11ClN2O3. The van der Waals surface area contributed by atoms with Crippen molar-refractivity contribution in [1.29, 1.82) is 0 Å². The van der Waals surface area contributed by atoms with Crippen LogP contribution in [0, 0.1) is 0 Å². The van der Waals surface area contributed by atoms with Gasteiger partial charge in [0.25, 0.3) is 0 Å². The monoisotopic (exact) mass is 242 g/mol. The Morgan fingerprint density at radius 2 is 2.19 bits per heavy atom. The van der Waals surface area contributed by atoms with Gasteiger partial charge in [0.1, 0.15) is 16.5 Å². The van der Waals surface area contributed by atoms with E-state index < -0.39 is 5.97 Å². The topological polar surface area (TPSA) is 72.3 Å². The Labute approximate surface area is 97.4 Å². The van der Waals surface area contributed by atoms with Crippen molar-refractivity contribution in [3.63, 3.8) is 0 Å². The minimum atomic E-state index is -1.11. The van der Waals surface area contributed by atoms with Gasteiger partial charge in [0.2, 0.25) is 0 Å². The molecule has 16 heavy (non-hydrogen) atoms. The number of carbonyl (C=O) groups is 1. The van der Waals surface area contributed by atoms with Crippen LogP contribution in [0.3, 0.4) is 0 Å². The van der Waals surface area contributed by atoms with E-state index in [1.54, 1.807) is 0 Å². The molecule has 2 heterocycles. The number of rotatable bonds is 2. The van der Waals surface area contributed by atoms with E-state index in [4.69, 9.17) is 21.4 Å². The third-order valence-corrected chi connectivity index (χ3v) is 2.87. The highest BCUT2D eigenvalue weighted by Crippen LogP contribution is 2.25. The number of hydrogen-bond donors (Lipinski definition) is 1. The van der Waals surface area contributed by atoms with Crippen molar-refractivity contribution >= 4 is 17.6 Å². The average Bonchev–Trinajstić information content (AvgIpc) is 2.29. The second-order valence-electron chi connectivity index (χ2n) is 3.62. The van der Waals surface area contributed by atoms with Gasteiger partial charge in [-0.25, -0.2) is 14.8 Å². The second kappa shape index (κ2) is 4.76. The molecule has 1 aliphatic heterocycles. The summed E-state index contributed by atoms with van der Waals surface area (Å²) in [5, 5.41) is 8.79. The van der Waals surface area contributed by atoms with Crippen LogP contribution in [-0.2, 0) is 4.74 Å². The smallest absolute Gasteiger partial charge is 0.340 e. The molecule has 1 aromatic heterocycles. The van der Waals surface area contributed by atoms with E-state index in [1.807, 2.05) is 0 Å². The van der Waals surface area contributed by atoms with Crippen LogP contribution >= 0.6 is 11.6 Å².